The van der Waals surface area contributed by atoms with E-state index in [1.165, 1.54) is 0 Å². The highest BCUT2D eigenvalue weighted by molar-refractivity contribution is 6.35. The summed E-state index contributed by atoms with van der Waals surface area (Å²) in [5.74, 6) is -0.0195. The number of rotatable bonds is 6. The molecule has 0 heterocycles. The average Bonchev–Trinajstić information content (AvgIpc) is 2.50. The molecule has 0 aliphatic heterocycles. The van der Waals surface area contributed by atoms with Crippen LogP contribution in [0.5, 0.6) is 0 Å². The number of carbonyl (C=O) groups excluding carboxylic acids is 1. The van der Waals surface area contributed by atoms with Gasteiger partial charge in [-0.15, -0.1) is 0 Å². The molecule has 1 atom stereocenters. The van der Waals surface area contributed by atoms with Gasteiger partial charge in [0.05, 0.1) is 12.6 Å². The molecule has 1 unspecified atom stereocenters. The van der Waals surface area contributed by atoms with Crippen molar-refractivity contribution in [2.75, 3.05) is 13.6 Å². The summed E-state index contributed by atoms with van der Waals surface area (Å²) >= 11 is 12.1. The maximum Gasteiger partial charge on any atom is 0.234 e. The van der Waals surface area contributed by atoms with Crippen molar-refractivity contribution in [3.05, 3.63) is 69.7 Å². The Morgan fingerprint density at radius 3 is 2.52 bits per heavy atom. The predicted molar refractivity (Wildman–Crippen MR) is 95.8 cm³/mol. The Hall–Kier alpha value is -1.55. The standard InChI is InChI=1S/C18H20Cl2N2O/c1-13(14-6-4-3-5-7-14)21-18(23)12-22(2)11-15-8-9-16(19)10-17(15)20/h3-10,13H,11-12H2,1-2H3,(H,21,23). The van der Waals surface area contributed by atoms with Crippen LogP contribution in [0.25, 0.3) is 0 Å². The van der Waals surface area contributed by atoms with E-state index in [-0.39, 0.29) is 11.9 Å². The van der Waals surface area contributed by atoms with Crippen LogP contribution < -0.4 is 5.32 Å². The van der Waals surface area contributed by atoms with Gasteiger partial charge in [-0.2, -0.15) is 0 Å². The minimum atomic E-state index is -0.0195. The Bertz CT molecular complexity index is 661. The van der Waals surface area contributed by atoms with Gasteiger partial charge in [-0.05, 0) is 37.2 Å². The van der Waals surface area contributed by atoms with E-state index in [9.17, 15) is 4.79 Å². The van der Waals surface area contributed by atoms with Gasteiger partial charge in [-0.1, -0.05) is 59.6 Å². The van der Waals surface area contributed by atoms with E-state index in [1.54, 1.807) is 12.1 Å². The van der Waals surface area contributed by atoms with Crippen LogP contribution in [0.2, 0.25) is 10.0 Å². The lowest BCUT2D eigenvalue weighted by molar-refractivity contribution is -0.122. The second-order valence-electron chi connectivity index (χ2n) is 5.61. The van der Waals surface area contributed by atoms with E-state index in [1.807, 2.05) is 55.3 Å². The van der Waals surface area contributed by atoms with Crippen LogP contribution in [0.15, 0.2) is 48.5 Å². The van der Waals surface area contributed by atoms with E-state index in [2.05, 4.69) is 5.32 Å². The fraction of sp³-hybridized carbons (Fsp3) is 0.278. The van der Waals surface area contributed by atoms with Gasteiger partial charge in [0.1, 0.15) is 0 Å². The summed E-state index contributed by atoms with van der Waals surface area (Å²) in [6.45, 7) is 2.86. The largest absolute Gasteiger partial charge is 0.348 e. The number of nitrogens with one attached hydrogen (secondary N) is 1. The summed E-state index contributed by atoms with van der Waals surface area (Å²) in [7, 11) is 1.89. The lowest BCUT2D eigenvalue weighted by Gasteiger charge is -2.20. The number of carbonyl (C=O) groups is 1. The summed E-state index contributed by atoms with van der Waals surface area (Å²) < 4.78 is 0. The summed E-state index contributed by atoms with van der Waals surface area (Å²) in [4.78, 5) is 14.1. The van der Waals surface area contributed by atoms with Gasteiger partial charge in [0, 0.05) is 16.6 Å². The first-order valence-corrected chi connectivity index (χ1v) is 8.18. The fourth-order valence-corrected chi connectivity index (χ4v) is 2.82. The quantitative estimate of drug-likeness (QED) is 0.842. The molecule has 0 saturated heterocycles. The minimum absolute atomic E-state index is 0.0174. The molecule has 0 aromatic heterocycles. The predicted octanol–water partition coefficient (Wildman–Crippen LogP) is 4.30. The zero-order valence-corrected chi connectivity index (χ0v) is 14.7. The van der Waals surface area contributed by atoms with Crippen molar-refractivity contribution in [1.82, 2.24) is 10.2 Å². The molecule has 3 nitrogen and oxygen atoms in total. The van der Waals surface area contributed by atoms with Crippen molar-refractivity contribution >= 4 is 29.1 Å². The van der Waals surface area contributed by atoms with Crippen molar-refractivity contribution < 1.29 is 4.79 Å². The second kappa shape index (κ2) is 8.34. The van der Waals surface area contributed by atoms with Crippen LogP contribution >= 0.6 is 23.2 Å². The maximum atomic E-state index is 12.2. The van der Waals surface area contributed by atoms with E-state index >= 15 is 0 Å². The number of hydrogen-bond donors (Lipinski definition) is 1. The SMILES string of the molecule is CC(NC(=O)CN(C)Cc1ccc(Cl)cc1Cl)c1ccccc1. The van der Waals surface area contributed by atoms with Crippen molar-refractivity contribution in [3.63, 3.8) is 0 Å². The lowest BCUT2D eigenvalue weighted by Crippen LogP contribution is -2.36. The molecule has 23 heavy (non-hydrogen) atoms. The number of amides is 1. The molecule has 2 aromatic carbocycles. The van der Waals surface area contributed by atoms with Crippen LogP contribution in [0.3, 0.4) is 0 Å². The van der Waals surface area contributed by atoms with Gasteiger partial charge in [0.2, 0.25) is 5.91 Å². The molecule has 0 aliphatic rings. The molecule has 5 heteroatoms. The third-order valence-electron chi connectivity index (χ3n) is 3.55. The summed E-state index contributed by atoms with van der Waals surface area (Å²) in [6.07, 6.45) is 0. The van der Waals surface area contributed by atoms with Crippen LogP contribution in [-0.2, 0) is 11.3 Å². The molecule has 2 aromatic rings. The monoisotopic (exact) mass is 350 g/mol. The molecular weight excluding hydrogens is 331 g/mol. The van der Waals surface area contributed by atoms with E-state index < -0.39 is 0 Å². The number of benzene rings is 2. The number of halogens is 2. The summed E-state index contributed by atoms with van der Waals surface area (Å²) in [5.41, 5.74) is 2.03. The molecular formula is C18H20Cl2N2O. The van der Waals surface area contributed by atoms with Crippen LogP contribution in [-0.4, -0.2) is 24.4 Å². The van der Waals surface area contributed by atoms with Gasteiger partial charge >= 0.3 is 0 Å². The minimum Gasteiger partial charge on any atom is -0.348 e. The highest BCUT2D eigenvalue weighted by Crippen LogP contribution is 2.22. The molecule has 0 bridgehead atoms. The first kappa shape index (κ1) is 17.8. The van der Waals surface area contributed by atoms with Crippen LogP contribution in [0.1, 0.15) is 24.1 Å². The molecule has 0 spiro atoms. The van der Waals surface area contributed by atoms with Crippen molar-refractivity contribution in [2.24, 2.45) is 0 Å². The third-order valence-corrected chi connectivity index (χ3v) is 4.13. The highest BCUT2D eigenvalue weighted by atomic mass is 35.5. The highest BCUT2D eigenvalue weighted by Gasteiger charge is 2.12. The Balaban J connectivity index is 1.87. The zero-order valence-electron chi connectivity index (χ0n) is 13.2. The molecule has 0 saturated carbocycles. The first-order chi connectivity index (χ1) is 11.0. The van der Waals surface area contributed by atoms with Gasteiger partial charge in [-0.25, -0.2) is 0 Å². The number of hydrogen-bond acceptors (Lipinski definition) is 2. The Morgan fingerprint density at radius 1 is 1.17 bits per heavy atom. The molecule has 0 radical (unpaired) electrons. The Labute approximate surface area is 147 Å². The molecule has 0 fully saturated rings. The van der Waals surface area contributed by atoms with Crippen molar-refractivity contribution in [1.29, 1.82) is 0 Å². The second-order valence-corrected chi connectivity index (χ2v) is 6.45. The molecule has 2 rings (SSSR count). The normalized spacial score (nSPS) is 12.2. The van der Waals surface area contributed by atoms with Crippen LogP contribution in [0.4, 0.5) is 0 Å². The number of likely N-dealkylation sites (N-methyl/N-ethyl adjacent to an activating group) is 1. The zero-order chi connectivity index (χ0) is 16.8. The molecule has 1 amide bonds. The summed E-state index contributed by atoms with van der Waals surface area (Å²) in [6, 6.07) is 15.3. The van der Waals surface area contributed by atoms with Gasteiger partial charge in [-0.3, -0.25) is 9.69 Å². The van der Waals surface area contributed by atoms with Crippen LogP contribution in [0, 0.1) is 0 Å². The summed E-state index contributed by atoms with van der Waals surface area (Å²) in [5, 5.41) is 4.22. The van der Waals surface area contributed by atoms with E-state index in [0.717, 1.165) is 11.1 Å². The number of nitrogens with zero attached hydrogens (tertiary/aromatic N) is 1. The fourth-order valence-electron chi connectivity index (χ4n) is 2.35. The van der Waals surface area contributed by atoms with Gasteiger partial charge in [0.25, 0.3) is 0 Å². The van der Waals surface area contributed by atoms with E-state index in [4.69, 9.17) is 23.2 Å². The van der Waals surface area contributed by atoms with Gasteiger partial charge in [0.15, 0.2) is 0 Å². The van der Waals surface area contributed by atoms with Crippen molar-refractivity contribution in [3.8, 4) is 0 Å². The topological polar surface area (TPSA) is 32.3 Å². The Kier molecular flexibility index (Phi) is 6.46. The lowest BCUT2D eigenvalue weighted by atomic mass is 10.1. The smallest absolute Gasteiger partial charge is 0.234 e. The third kappa shape index (κ3) is 5.54. The maximum absolute atomic E-state index is 12.2. The average molecular weight is 351 g/mol. The van der Waals surface area contributed by atoms with Crippen molar-refractivity contribution in [2.45, 2.75) is 19.5 Å². The molecule has 0 aliphatic carbocycles. The first-order valence-electron chi connectivity index (χ1n) is 7.42. The molecule has 1 N–H and O–H groups in total. The van der Waals surface area contributed by atoms with E-state index in [0.29, 0.717) is 23.1 Å². The Morgan fingerprint density at radius 2 is 1.87 bits per heavy atom. The van der Waals surface area contributed by atoms with Gasteiger partial charge < -0.3 is 5.32 Å². The molecule has 122 valence electrons.